The van der Waals surface area contributed by atoms with E-state index in [1.807, 2.05) is 38.3 Å². The standard InChI is InChI=1S/C24H34N6O/c1-8-9-19(25-6)16-10-11-18(21(31)12-16)20-15-26-22(28-27-20)30(7)17-13-23(2,3)29-24(4,5)14-17/h8-12,15,17,29,31H,13-14H2,1-7H3/b9-8-,25-19?. The molecule has 0 unspecified atom stereocenters. The van der Waals surface area contributed by atoms with Crippen molar-refractivity contribution in [2.45, 2.75) is 64.6 Å². The molecular weight excluding hydrogens is 388 g/mol. The van der Waals surface area contributed by atoms with Crippen molar-refractivity contribution in [3.63, 3.8) is 0 Å². The Labute approximate surface area is 185 Å². The first-order chi connectivity index (χ1) is 14.5. The Balaban J connectivity index is 1.82. The van der Waals surface area contributed by atoms with Crippen molar-refractivity contribution in [1.82, 2.24) is 20.5 Å². The summed E-state index contributed by atoms with van der Waals surface area (Å²) in [5.41, 5.74) is 2.85. The van der Waals surface area contributed by atoms with Crippen LogP contribution in [-0.4, -0.2) is 57.2 Å². The van der Waals surface area contributed by atoms with E-state index < -0.39 is 0 Å². The number of allylic oxidation sites excluding steroid dienone is 2. The molecule has 1 fully saturated rings. The summed E-state index contributed by atoms with van der Waals surface area (Å²) in [5.74, 6) is 0.717. The SMILES string of the molecule is C/C=C\C(=NC)c1ccc(-c2cnc(N(C)C3CC(C)(C)NC(C)(C)C3)nn2)c(O)c1. The summed E-state index contributed by atoms with van der Waals surface area (Å²) in [7, 11) is 3.76. The van der Waals surface area contributed by atoms with Crippen LogP contribution in [-0.2, 0) is 0 Å². The van der Waals surface area contributed by atoms with E-state index in [9.17, 15) is 5.11 Å². The molecule has 3 rings (SSSR count). The maximum Gasteiger partial charge on any atom is 0.245 e. The summed E-state index contributed by atoms with van der Waals surface area (Å²) in [6, 6.07) is 5.74. The van der Waals surface area contributed by atoms with Crippen LogP contribution in [0.3, 0.4) is 0 Å². The quantitative estimate of drug-likeness (QED) is 0.709. The summed E-state index contributed by atoms with van der Waals surface area (Å²) in [6.45, 7) is 10.9. The number of phenolic OH excluding ortho intramolecular Hbond substituents is 1. The Hall–Kier alpha value is -2.80. The third-order valence-electron chi connectivity index (χ3n) is 5.72. The van der Waals surface area contributed by atoms with Crippen molar-refractivity contribution >= 4 is 11.7 Å². The lowest BCUT2D eigenvalue weighted by atomic mass is 9.79. The van der Waals surface area contributed by atoms with Gasteiger partial charge in [0.1, 0.15) is 11.4 Å². The number of rotatable bonds is 5. The van der Waals surface area contributed by atoms with E-state index in [2.05, 4.69) is 58.1 Å². The molecule has 2 N–H and O–H groups in total. The predicted molar refractivity (Wildman–Crippen MR) is 127 cm³/mol. The molecule has 1 aliphatic heterocycles. The van der Waals surface area contributed by atoms with Crippen molar-refractivity contribution < 1.29 is 5.11 Å². The Morgan fingerprint density at radius 3 is 2.39 bits per heavy atom. The number of nitrogens with zero attached hydrogens (tertiary/aromatic N) is 5. The summed E-state index contributed by atoms with van der Waals surface area (Å²) < 4.78 is 0. The fourth-order valence-corrected chi connectivity index (χ4v) is 4.62. The maximum absolute atomic E-state index is 10.6. The van der Waals surface area contributed by atoms with Crippen LogP contribution in [0.5, 0.6) is 5.75 Å². The maximum atomic E-state index is 10.6. The average molecular weight is 423 g/mol. The minimum Gasteiger partial charge on any atom is -0.507 e. The van der Waals surface area contributed by atoms with Crippen LogP contribution in [0, 0.1) is 0 Å². The zero-order valence-corrected chi connectivity index (χ0v) is 19.6. The first-order valence-corrected chi connectivity index (χ1v) is 10.7. The minimum atomic E-state index is 0.0369. The molecule has 31 heavy (non-hydrogen) atoms. The normalized spacial score (nSPS) is 19.0. The van der Waals surface area contributed by atoms with Crippen LogP contribution >= 0.6 is 0 Å². The van der Waals surface area contributed by atoms with Gasteiger partial charge in [0.2, 0.25) is 5.95 Å². The number of anilines is 1. The molecule has 7 heteroatoms. The largest absolute Gasteiger partial charge is 0.507 e. The van der Waals surface area contributed by atoms with E-state index >= 15 is 0 Å². The van der Waals surface area contributed by atoms with Gasteiger partial charge in [-0.05, 0) is 65.7 Å². The van der Waals surface area contributed by atoms with Gasteiger partial charge in [-0.25, -0.2) is 4.98 Å². The predicted octanol–water partition coefficient (Wildman–Crippen LogP) is 3.98. The highest BCUT2D eigenvalue weighted by atomic mass is 16.3. The smallest absolute Gasteiger partial charge is 0.245 e. The van der Waals surface area contributed by atoms with Gasteiger partial charge >= 0.3 is 0 Å². The third-order valence-corrected chi connectivity index (χ3v) is 5.72. The Kier molecular flexibility index (Phi) is 6.46. The monoisotopic (exact) mass is 422 g/mol. The van der Waals surface area contributed by atoms with Crippen LogP contribution in [0.4, 0.5) is 5.95 Å². The van der Waals surface area contributed by atoms with Crippen LogP contribution in [0.25, 0.3) is 11.3 Å². The number of phenols is 1. The number of hydrogen-bond acceptors (Lipinski definition) is 7. The average Bonchev–Trinajstić information content (AvgIpc) is 2.69. The molecule has 166 valence electrons. The van der Waals surface area contributed by atoms with Crippen LogP contribution < -0.4 is 10.2 Å². The summed E-state index contributed by atoms with van der Waals surface area (Å²) in [5, 5.41) is 23.0. The summed E-state index contributed by atoms with van der Waals surface area (Å²) in [6.07, 6.45) is 7.49. The number of aromatic hydroxyl groups is 1. The molecule has 2 aromatic rings. The molecule has 0 bridgehead atoms. The summed E-state index contributed by atoms with van der Waals surface area (Å²) >= 11 is 0. The molecule has 0 saturated carbocycles. The van der Waals surface area contributed by atoms with E-state index in [1.54, 1.807) is 19.3 Å². The number of hydrogen-bond donors (Lipinski definition) is 2. The van der Waals surface area contributed by atoms with E-state index in [4.69, 9.17) is 0 Å². The van der Waals surface area contributed by atoms with Gasteiger partial charge in [-0.3, -0.25) is 4.99 Å². The second kappa shape index (κ2) is 8.75. The van der Waals surface area contributed by atoms with Gasteiger partial charge in [-0.2, -0.15) is 0 Å². The first-order valence-electron chi connectivity index (χ1n) is 10.7. The number of aromatic nitrogens is 3. The lowest BCUT2D eigenvalue weighted by molar-refractivity contribution is 0.160. The highest BCUT2D eigenvalue weighted by Crippen LogP contribution is 2.33. The fraction of sp³-hybridized carbons (Fsp3) is 0.500. The molecule has 0 amide bonds. The van der Waals surface area contributed by atoms with E-state index in [1.165, 1.54) is 0 Å². The number of nitrogens with one attached hydrogen (secondary N) is 1. The van der Waals surface area contributed by atoms with E-state index in [0.717, 1.165) is 24.1 Å². The van der Waals surface area contributed by atoms with Crippen molar-refractivity contribution in [2.75, 3.05) is 19.0 Å². The Morgan fingerprint density at radius 2 is 1.87 bits per heavy atom. The minimum absolute atomic E-state index is 0.0369. The molecule has 0 atom stereocenters. The number of aliphatic imine (C=N–C) groups is 1. The molecular formula is C24H34N6O. The molecule has 1 saturated heterocycles. The van der Waals surface area contributed by atoms with E-state index in [-0.39, 0.29) is 16.8 Å². The second-order valence-electron chi connectivity index (χ2n) is 9.55. The van der Waals surface area contributed by atoms with Gasteiger partial charge in [-0.15, -0.1) is 10.2 Å². The second-order valence-corrected chi connectivity index (χ2v) is 9.55. The van der Waals surface area contributed by atoms with Crippen molar-refractivity contribution in [2.24, 2.45) is 4.99 Å². The molecule has 0 aliphatic carbocycles. The van der Waals surface area contributed by atoms with Crippen molar-refractivity contribution in [1.29, 1.82) is 0 Å². The Bertz CT molecular complexity index is 962. The van der Waals surface area contributed by atoms with Gasteiger partial charge < -0.3 is 15.3 Å². The molecule has 1 aromatic carbocycles. The molecule has 1 aliphatic rings. The van der Waals surface area contributed by atoms with Crippen molar-refractivity contribution in [3.8, 4) is 17.0 Å². The van der Waals surface area contributed by atoms with Crippen LogP contribution in [0.2, 0.25) is 0 Å². The third kappa shape index (κ3) is 5.28. The van der Waals surface area contributed by atoms with Gasteiger partial charge in [0, 0.05) is 42.3 Å². The summed E-state index contributed by atoms with van der Waals surface area (Å²) in [4.78, 5) is 10.9. The lowest BCUT2D eigenvalue weighted by Gasteiger charge is -2.48. The zero-order valence-electron chi connectivity index (χ0n) is 19.6. The lowest BCUT2D eigenvalue weighted by Crippen LogP contribution is -2.62. The topological polar surface area (TPSA) is 86.5 Å². The number of benzene rings is 1. The van der Waals surface area contributed by atoms with Gasteiger partial charge in [0.25, 0.3) is 0 Å². The Morgan fingerprint density at radius 1 is 1.19 bits per heavy atom. The molecule has 2 heterocycles. The highest BCUT2D eigenvalue weighted by molar-refractivity contribution is 6.09. The highest BCUT2D eigenvalue weighted by Gasteiger charge is 2.39. The number of piperidine rings is 1. The van der Waals surface area contributed by atoms with Crippen LogP contribution in [0.1, 0.15) is 53.0 Å². The molecule has 1 aromatic heterocycles. The fourth-order valence-electron chi connectivity index (χ4n) is 4.62. The first kappa shape index (κ1) is 22.9. The van der Waals surface area contributed by atoms with Gasteiger partial charge in [-0.1, -0.05) is 12.1 Å². The molecule has 0 radical (unpaired) electrons. The zero-order chi connectivity index (χ0) is 22.8. The van der Waals surface area contributed by atoms with Gasteiger partial charge in [0.15, 0.2) is 0 Å². The van der Waals surface area contributed by atoms with E-state index in [0.29, 0.717) is 23.2 Å². The molecule has 0 spiro atoms. The molecule has 7 nitrogen and oxygen atoms in total. The van der Waals surface area contributed by atoms with Crippen molar-refractivity contribution in [3.05, 3.63) is 42.1 Å². The van der Waals surface area contributed by atoms with Crippen LogP contribution in [0.15, 0.2) is 41.5 Å². The van der Waals surface area contributed by atoms with Gasteiger partial charge in [0.05, 0.1) is 11.9 Å².